The number of carbonyl (C=O) groups is 1. The molecule has 1 amide bonds. The zero-order chi connectivity index (χ0) is 18.9. The Balaban J connectivity index is 1.75. The van der Waals surface area contributed by atoms with E-state index in [0.717, 1.165) is 24.5 Å². The fourth-order valence-corrected chi connectivity index (χ4v) is 3.13. The Kier molecular flexibility index (Phi) is 4.64. The molecule has 0 aliphatic carbocycles. The lowest BCUT2D eigenvalue weighted by atomic mass is 10.3. The minimum absolute atomic E-state index is 0.0368. The van der Waals surface area contributed by atoms with Crippen molar-refractivity contribution in [3.63, 3.8) is 0 Å². The van der Waals surface area contributed by atoms with Crippen LogP contribution in [0.2, 0.25) is 0 Å². The van der Waals surface area contributed by atoms with Crippen LogP contribution in [0.1, 0.15) is 6.42 Å². The monoisotopic (exact) mass is 378 g/mol. The lowest BCUT2D eigenvalue weighted by Gasteiger charge is -2.08. The Morgan fingerprint density at radius 1 is 1.23 bits per heavy atom. The third-order valence-corrected chi connectivity index (χ3v) is 4.89. The van der Waals surface area contributed by atoms with Crippen molar-refractivity contribution >= 4 is 32.5 Å². The molecule has 0 saturated heterocycles. The van der Waals surface area contributed by atoms with Crippen molar-refractivity contribution < 1.29 is 22.0 Å². The molecule has 9 heteroatoms. The molecule has 26 heavy (non-hydrogen) atoms. The average molecular weight is 378 g/mol. The summed E-state index contributed by atoms with van der Waals surface area (Å²) < 4.78 is 43.3. The van der Waals surface area contributed by atoms with E-state index in [1.54, 1.807) is 24.3 Å². The maximum absolute atomic E-state index is 13.8. The summed E-state index contributed by atoms with van der Waals surface area (Å²) in [5.74, 6) is -1.91. The van der Waals surface area contributed by atoms with Crippen LogP contribution in [0, 0.1) is 5.82 Å². The molecule has 0 saturated carbocycles. The third-order valence-electron chi connectivity index (χ3n) is 3.78. The second-order valence-electron chi connectivity index (χ2n) is 5.70. The molecule has 0 aliphatic rings. The average Bonchev–Trinajstić information content (AvgIpc) is 2.89. The van der Waals surface area contributed by atoms with Crippen LogP contribution in [-0.2, 0) is 21.2 Å². The molecular formula is C17H15FN2O5S. The van der Waals surface area contributed by atoms with Gasteiger partial charge in [0.2, 0.25) is 5.91 Å². The van der Waals surface area contributed by atoms with E-state index in [4.69, 9.17) is 4.42 Å². The molecule has 1 N–H and O–H groups in total. The molecule has 1 heterocycles. The molecule has 0 spiro atoms. The highest BCUT2D eigenvalue weighted by molar-refractivity contribution is 7.90. The molecule has 2 aromatic carbocycles. The highest BCUT2D eigenvalue weighted by Gasteiger charge is 2.14. The standard InChI is InChI=1S/C17H15FN2O5S/c1-26(23,24)11-6-7-12(18)13(10-11)19-16(21)8-9-20-14-4-2-3-5-15(14)25-17(20)22/h2-7,10H,8-9H2,1H3,(H,19,21). The Labute approximate surface area is 148 Å². The Hall–Kier alpha value is -2.94. The summed E-state index contributed by atoms with van der Waals surface area (Å²) in [5.41, 5.74) is 0.725. The predicted octanol–water partition coefficient (Wildman–Crippen LogP) is 2.17. The third kappa shape index (κ3) is 3.67. The van der Waals surface area contributed by atoms with Gasteiger partial charge >= 0.3 is 5.76 Å². The van der Waals surface area contributed by atoms with Gasteiger partial charge in [-0.15, -0.1) is 0 Å². The first kappa shape index (κ1) is 17.9. The van der Waals surface area contributed by atoms with Crippen molar-refractivity contribution in [1.82, 2.24) is 4.57 Å². The number of oxazole rings is 1. The van der Waals surface area contributed by atoms with Gasteiger partial charge in [0.25, 0.3) is 0 Å². The summed E-state index contributed by atoms with van der Waals surface area (Å²) >= 11 is 0. The molecule has 0 unspecified atom stereocenters. The molecule has 0 atom stereocenters. The number of rotatable bonds is 5. The second-order valence-corrected chi connectivity index (χ2v) is 7.72. The van der Waals surface area contributed by atoms with Crippen LogP contribution in [0.25, 0.3) is 11.1 Å². The van der Waals surface area contributed by atoms with Gasteiger partial charge in [-0.1, -0.05) is 12.1 Å². The van der Waals surface area contributed by atoms with Crippen molar-refractivity contribution in [2.45, 2.75) is 17.9 Å². The normalized spacial score (nSPS) is 11.6. The van der Waals surface area contributed by atoms with E-state index in [-0.39, 0.29) is 23.5 Å². The van der Waals surface area contributed by atoms with Crippen LogP contribution >= 0.6 is 0 Å². The number of aryl methyl sites for hydroxylation is 1. The number of hydrogen-bond acceptors (Lipinski definition) is 5. The van der Waals surface area contributed by atoms with Gasteiger partial charge in [0, 0.05) is 19.2 Å². The van der Waals surface area contributed by atoms with Gasteiger partial charge in [0.1, 0.15) is 5.82 Å². The van der Waals surface area contributed by atoms with Crippen molar-refractivity contribution in [2.75, 3.05) is 11.6 Å². The van der Waals surface area contributed by atoms with Gasteiger partial charge in [-0.25, -0.2) is 17.6 Å². The molecule has 7 nitrogen and oxygen atoms in total. The number of anilines is 1. The molecule has 1 aromatic heterocycles. The fourth-order valence-electron chi connectivity index (χ4n) is 2.48. The summed E-state index contributed by atoms with van der Waals surface area (Å²) in [6.07, 6.45) is 0.869. The predicted molar refractivity (Wildman–Crippen MR) is 93.2 cm³/mol. The molecule has 0 bridgehead atoms. The summed E-state index contributed by atoms with van der Waals surface area (Å²) in [6.45, 7) is 0.0368. The van der Waals surface area contributed by atoms with E-state index in [1.165, 1.54) is 4.57 Å². The second kappa shape index (κ2) is 6.75. The molecule has 3 aromatic rings. The van der Waals surface area contributed by atoms with Gasteiger partial charge in [0.05, 0.1) is 16.1 Å². The molecular weight excluding hydrogens is 363 g/mol. The molecule has 3 rings (SSSR count). The highest BCUT2D eigenvalue weighted by atomic mass is 32.2. The number of amides is 1. The molecule has 0 aliphatic heterocycles. The number of sulfone groups is 1. The zero-order valence-electron chi connectivity index (χ0n) is 13.7. The minimum Gasteiger partial charge on any atom is -0.408 e. The van der Waals surface area contributed by atoms with Crippen LogP contribution < -0.4 is 11.1 Å². The van der Waals surface area contributed by atoms with Crippen LogP contribution in [0.5, 0.6) is 0 Å². The smallest absolute Gasteiger partial charge is 0.408 e. The van der Waals surface area contributed by atoms with Gasteiger partial charge < -0.3 is 9.73 Å². The number of halogens is 1. The van der Waals surface area contributed by atoms with Crippen molar-refractivity contribution in [3.8, 4) is 0 Å². The SMILES string of the molecule is CS(=O)(=O)c1ccc(F)c(NC(=O)CCn2c(=O)oc3ccccc32)c1. The Morgan fingerprint density at radius 2 is 1.96 bits per heavy atom. The summed E-state index contributed by atoms with van der Waals surface area (Å²) in [6, 6.07) is 9.94. The number of nitrogens with one attached hydrogen (secondary N) is 1. The van der Waals surface area contributed by atoms with Gasteiger partial charge in [-0.05, 0) is 30.3 Å². The zero-order valence-corrected chi connectivity index (χ0v) is 14.5. The Bertz CT molecular complexity index is 1150. The topological polar surface area (TPSA) is 98.4 Å². The summed E-state index contributed by atoms with van der Waals surface area (Å²) in [4.78, 5) is 23.8. The Morgan fingerprint density at radius 3 is 2.69 bits per heavy atom. The maximum Gasteiger partial charge on any atom is 0.419 e. The number of hydrogen-bond donors (Lipinski definition) is 1. The molecule has 0 radical (unpaired) electrons. The van der Waals surface area contributed by atoms with E-state index >= 15 is 0 Å². The molecule has 136 valence electrons. The van der Waals surface area contributed by atoms with E-state index in [1.807, 2.05) is 0 Å². The first-order valence-corrected chi connectivity index (χ1v) is 9.52. The number of benzene rings is 2. The lowest BCUT2D eigenvalue weighted by molar-refractivity contribution is -0.116. The number of fused-ring (bicyclic) bond motifs is 1. The van der Waals surface area contributed by atoms with Crippen molar-refractivity contribution in [2.24, 2.45) is 0 Å². The minimum atomic E-state index is -3.53. The van der Waals surface area contributed by atoms with Crippen molar-refractivity contribution in [1.29, 1.82) is 0 Å². The van der Waals surface area contributed by atoms with Gasteiger partial charge in [-0.3, -0.25) is 9.36 Å². The highest BCUT2D eigenvalue weighted by Crippen LogP contribution is 2.20. The first-order chi connectivity index (χ1) is 12.3. The lowest BCUT2D eigenvalue weighted by Crippen LogP contribution is -2.20. The van der Waals surface area contributed by atoms with E-state index in [0.29, 0.717) is 11.1 Å². The number of nitrogens with zero attached hydrogens (tertiary/aromatic N) is 1. The number of aromatic nitrogens is 1. The van der Waals surface area contributed by atoms with Crippen LogP contribution in [0.15, 0.2) is 56.6 Å². The van der Waals surface area contributed by atoms with Crippen molar-refractivity contribution in [3.05, 3.63) is 58.8 Å². The van der Waals surface area contributed by atoms with Gasteiger partial charge in [0.15, 0.2) is 15.4 Å². The van der Waals surface area contributed by atoms with Crippen LogP contribution in [-0.4, -0.2) is 25.1 Å². The van der Waals surface area contributed by atoms with E-state index in [9.17, 15) is 22.4 Å². The van der Waals surface area contributed by atoms with E-state index < -0.39 is 27.3 Å². The van der Waals surface area contributed by atoms with Crippen LogP contribution in [0.3, 0.4) is 0 Å². The number of carbonyl (C=O) groups excluding carboxylic acids is 1. The first-order valence-electron chi connectivity index (χ1n) is 7.63. The largest absolute Gasteiger partial charge is 0.419 e. The van der Waals surface area contributed by atoms with Crippen LogP contribution in [0.4, 0.5) is 10.1 Å². The summed E-state index contributed by atoms with van der Waals surface area (Å²) in [5, 5.41) is 2.33. The fraction of sp³-hybridized carbons (Fsp3) is 0.176. The molecule has 0 fully saturated rings. The summed E-state index contributed by atoms with van der Waals surface area (Å²) in [7, 11) is -3.53. The van der Waals surface area contributed by atoms with E-state index in [2.05, 4.69) is 5.32 Å². The van der Waals surface area contributed by atoms with Gasteiger partial charge in [-0.2, -0.15) is 0 Å². The maximum atomic E-state index is 13.8. The number of para-hydroxylation sites is 2. The quantitative estimate of drug-likeness (QED) is 0.686.